The molecule has 62 valence electrons. The maximum Gasteiger partial charge on any atom is 0.282 e. The number of anilines is 2. The van der Waals surface area contributed by atoms with Crippen LogP contribution < -0.4 is 11.2 Å². The average Bonchev–Trinajstić information content (AvgIpc) is 2.09. The SMILES string of the molecule is N=C/C=N/Nc1nnc(N)nn1. The third-order valence-electron chi connectivity index (χ3n) is 0.808. The largest absolute Gasteiger partial charge is 0.365 e. The first kappa shape index (κ1) is 7.98. The summed E-state index contributed by atoms with van der Waals surface area (Å²) in [6, 6.07) is 0. The van der Waals surface area contributed by atoms with Gasteiger partial charge in [-0.15, -0.1) is 20.4 Å². The van der Waals surface area contributed by atoms with Crippen LogP contribution >= 0.6 is 0 Å². The molecular formula is C4H6N8. The smallest absolute Gasteiger partial charge is 0.282 e. The molecule has 0 saturated heterocycles. The van der Waals surface area contributed by atoms with Crippen molar-refractivity contribution >= 4 is 24.3 Å². The lowest BCUT2D eigenvalue weighted by Crippen LogP contribution is -2.04. The van der Waals surface area contributed by atoms with Crippen molar-refractivity contribution in [2.24, 2.45) is 5.10 Å². The minimum atomic E-state index is -0.00316. The van der Waals surface area contributed by atoms with Gasteiger partial charge in [0.2, 0.25) is 0 Å². The number of hydrazone groups is 1. The second-order valence-corrected chi connectivity index (χ2v) is 1.64. The molecule has 0 aliphatic carbocycles. The van der Waals surface area contributed by atoms with Crippen LogP contribution in [0.15, 0.2) is 5.10 Å². The van der Waals surface area contributed by atoms with Crippen molar-refractivity contribution in [1.29, 1.82) is 5.41 Å². The van der Waals surface area contributed by atoms with E-state index < -0.39 is 0 Å². The molecule has 0 saturated carbocycles. The van der Waals surface area contributed by atoms with Gasteiger partial charge < -0.3 is 11.1 Å². The van der Waals surface area contributed by atoms with Gasteiger partial charge in [-0.25, -0.2) is 5.43 Å². The number of nitrogens with one attached hydrogen (secondary N) is 2. The maximum absolute atomic E-state index is 6.60. The molecule has 1 heterocycles. The van der Waals surface area contributed by atoms with Crippen molar-refractivity contribution < 1.29 is 0 Å². The van der Waals surface area contributed by atoms with Crippen molar-refractivity contribution in [2.75, 3.05) is 11.2 Å². The molecule has 1 aromatic heterocycles. The zero-order chi connectivity index (χ0) is 8.81. The molecule has 12 heavy (non-hydrogen) atoms. The van der Waals surface area contributed by atoms with E-state index in [1.165, 1.54) is 6.21 Å². The number of hydrogen-bond acceptors (Lipinski definition) is 8. The number of aromatic nitrogens is 4. The van der Waals surface area contributed by atoms with Gasteiger partial charge in [0.05, 0.1) is 6.21 Å². The molecule has 0 radical (unpaired) electrons. The molecular weight excluding hydrogens is 160 g/mol. The van der Waals surface area contributed by atoms with E-state index in [1.807, 2.05) is 0 Å². The third-order valence-corrected chi connectivity index (χ3v) is 0.808. The molecule has 0 atom stereocenters. The molecule has 0 unspecified atom stereocenters. The summed E-state index contributed by atoms with van der Waals surface area (Å²) in [6.07, 6.45) is 2.23. The van der Waals surface area contributed by atoms with Crippen molar-refractivity contribution in [3.8, 4) is 0 Å². The number of hydrogen-bond donors (Lipinski definition) is 3. The Hall–Kier alpha value is -2.12. The zero-order valence-corrected chi connectivity index (χ0v) is 5.97. The molecule has 1 aromatic rings. The maximum atomic E-state index is 6.60. The molecule has 0 aliphatic rings. The topological polar surface area (TPSA) is 126 Å². The Balaban J connectivity index is 2.58. The molecule has 0 fully saturated rings. The van der Waals surface area contributed by atoms with Gasteiger partial charge in [0.25, 0.3) is 11.9 Å². The Kier molecular flexibility index (Phi) is 2.60. The standard InChI is InChI=1S/C4H6N8/c5-1-2-7-10-4-11-8-3(6)9-12-4/h1-2,5H,(H2,6,8,9)(H,10,11,12)/b5-1?,7-2+. The Morgan fingerprint density at radius 1 is 1.33 bits per heavy atom. The van der Waals surface area contributed by atoms with Gasteiger partial charge in [0.15, 0.2) is 0 Å². The highest BCUT2D eigenvalue weighted by molar-refractivity contribution is 6.14. The first-order valence-electron chi connectivity index (χ1n) is 2.94. The third kappa shape index (κ3) is 2.25. The highest BCUT2D eigenvalue weighted by Gasteiger charge is 1.93. The first-order valence-corrected chi connectivity index (χ1v) is 2.94. The van der Waals surface area contributed by atoms with Crippen LogP contribution in [-0.4, -0.2) is 32.8 Å². The summed E-state index contributed by atoms with van der Waals surface area (Å²) in [5.74, 6) is 0.124. The molecule has 0 spiro atoms. The summed E-state index contributed by atoms with van der Waals surface area (Å²) >= 11 is 0. The van der Waals surface area contributed by atoms with Crippen LogP contribution in [0, 0.1) is 5.41 Å². The monoisotopic (exact) mass is 166 g/mol. The van der Waals surface area contributed by atoms with Crippen LogP contribution in [0.1, 0.15) is 0 Å². The van der Waals surface area contributed by atoms with E-state index in [4.69, 9.17) is 11.1 Å². The van der Waals surface area contributed by atoms with Crippen LogP contribution in [0.5, 0.6) is 0 Å². The van der Waals surface area contributed by atoms with Crippen LogP contribution in [0.2, 0.25) is 0 Å². The molecule has 0 amide bonds. The molecule has 8 heteroatoms. The molecule has 4 N–H and O–H groups in total. The summed E-state index contributed by atoms with van der Waals surface area (Å²) in [5, 5.41) is 24.0. The lowest BCUT2D eigenvalue weighted by molar-refractivity contribution is 0.871. The van der Waals surface area contributed by atoms with E-state index in [0.717, 1.165) is 6.21 Å². The average molecular weight is 166 g/mol. The summed E-state index contributed by atoms with van der Waals surface area (Å²) in [4.78, 5) is 0. The van der Waals surface area contributed by atoms with Crippen LogP contribution in [0.3, 0.4) is 0 Å². The van der Waals surface area contributed by atoms with Crippen molar-refractivity contribution in [2.45, 2.75) is 0 Å². The second-order valence-electron chi connectivity index (χ2n) is 1.64. The molecule has 1 rings (SSSR count). The van der Waals surface area contributed by atoms with Gasteiger partial charge in [-0.05, 0) is 0 Å². The van der Waals surface area contributed by atoms with Gasteiger partial charge in [-0.3, -0.25) is 0 Å². The van der Waals surface area contributed by atoms with E-state index in [-0.39, 0.29) is 11.9 Å². The predicted octanol–water partition coefficient (Wildman–Crippen LogP) is -1.10. The second kappa shape index (κ2) is 3.91. The van der Waals surface area contributed by atoms with Gasteiger partial charge in [-0.2, -0.15) is 5.10 Å². The fraction of sp³-hybridized carbons (Fsp3) is 0. The zero-order valence-electron chi connectivity index (χ0n) is 5.97. The van der Waals surface area contributed by atoms with E-state index in [9.17, 15) is 0 Å². The number of nitrogens with two attached hydrogens (primary N) is 1. The summed E-state index contributed by atoms with van der Waals surface area (Å²) in [6.45, 7) is 0. The van der Waals surface area contributed by atoms with Gasteiger partial charge >= 0.3 is 0 Å². The Bertz CT molecular complexity index is 276. The van der Waals surface area contributed by atoms with E-state index in [1.54, 1.807) is 0 Å². The number of nitrogens with zero attached hydrogens (tertiary/aromatic N) is 5. The molecule has 0 aromatic carbocycles. The molecule has 0 bridgehead atoms. The lowest BCUT2D eigenvalue weighted by atomic mass is 10.8. The predicted molar refractivity (Wildman–Crippen MR) is 42.9 cm³/mol. The lowest BCUT2D eigenvalue weighted by Gasteiger charge is -1.93. The minimum Gasteiger partial charge on any atom is -0.365 e. The molecule has 0 aliphatic heterocycles. The van der Waals surface area contributed by atoms with Gasteiger partial charge in [0, 0.05) is 6.21 Å². The summed E-state index contributed by atoms with van der Waals surface area (Å²) < 4.78 is 0. The van der Waals surface area contributed by atoms with Crippen molar-refractivity contribution in [3.05, 3.63) is 0 Å². The summed E-state index contributed by atoms with van der Waals surface area (Å²) in [5.41, 5.74) is 7.52. The fourth-order valence-electron chi connectivity index (χ4n) is 0.414. The van der Waals surface area contributed by atoms with Crippen molar-refractivity contribution in [3.63, 3.8) is 0 Å². The minimum absolute atomic E-state index is 0.00316. The van der Waals surface area contributed by atoms with Gasteiger partial charge in [0.1, 0.15) is 0 Å². The summed E-state index contributed by atoms with van der Waals surface area (Å²) in [7, 11) is 0. The normalized spacial score (nSPS) is 10.0. The van der Waals surface area contributed by atoms with Crippen LogP contribution in [-0.2, 0) is 0 Å². The van der Waals surface area contributed by atoms with Crippen molar-refractivity contribution in [1.82, 2.24) is 20.4 Å². The number of nitrogen functional groups attached to an aromatic ring is 1. The van der Waals surface area contributed by atoms with Crippen LogP contribution in [0.4, 0.5) is 11.9 Å². The molecule has 8 nitrogen and oxygen atoms in total. The van der Waals surface area contributed by atoms with Crippen LogP contribution in [0.25, 0.3) is 0 Å². The first-order chi connectivity index (χ1) is 5.83. The van der Waals surface area contributed by atoms with Gasteiger partial charge in [-0.1, -0.05) is 0 Å². The van der Waals surface area contributed by atoms with E-state index >= 15 is 0 Å². The highest BCUT2D eigenvalue weighted by Crippen LogP contribution is 1.91. The number of rotatable bonds is 3. The fourth-order valence-corrected chi connectivity index (χ4v) is 0.414. The quantitative estimate of drug-likeness (QED) is 0.386. The van der Waals surface area contributed by atoms with E-state index in [0.29, 0.717) is 0 Å². The Labute approximate surface area is 67.4 Å². The highest BCUT2D eigenvalue weighted by atomic mass is 15.4. The van der Waals surface area contributed by atoms with E-state index in [2.05, 4.69) is 30.9 Å². The Morgan fingerprint density at radius 3 is 2.58 bits per heavy atom. The Morgan fingerprint density at radius 2 is 2.00 bits per heavy atom.